The number of carbonyl (C=O) groups excluding carboxylic acids is 1. The molecule has 0 saturated carbocycles. The van der Waals surface area contributed by atoms with Crippen LogP contribution in [0.5, 0.6) is 5.75 Å². The number of amides is 2. The number of rotatable bonds is 6. The summed E-state index contributed by atoms with van der Waals surface area (Å²) in [6, 6.07) is 6.04. The minimum Gasteiger partial charge on any atom is -0.496 e. The quantitative estimate of drug-likeness (QED) is 0.753. The van der Waals surface area contributed by atoms with Gasteiger partial charge in [-0.05, 0) is 50.3 Å². The van der Waals surface area contributed by atoms with Crippen LogP contribution in [-0.4, -0.2) is 53.4 Å². The number of ether oxygens (including phenoxy) is 1. The Kier molecular flexibility index (Phi) is 5.48. The number of H-pyrrole nitrogens is 1. The monoisotopic (exact) mass is 345 g/mol. The van der Waals surface area contributed by atoms with Crippen LogP contribution in [0, 0.1) is 0 Å². The summed E-state index contributed by atoms with van der Waals surface area (Å²) in [5.74, 6) is 0.844. The standard InChI is InChI=1S/C19H27N3O3/c1-13(23)11-15-5-4-10-22(15)19(24)20-9-8-14-12-21-16-6-3-7-17(25-2)18(14)16/h3,6-7,12-13,15,21,23H,4-5,8-11H2,1-2H3,(H,20,24)/t13-,15-/m1/s1. The molecule has 0 spiro atoms. The van der Waals surface area contributed by atoms with Crippen LogP contribution in [0.1, 0.15) is 31.7 Å². The number of carbonyl (C=O) groups is 1. The maximum Gasteiger partial charge on any atom is 0.317 e. The molecule has 1 fully saturated rings. The van der Waals surface area contributed by atoms with Crippen LogP contribution >= 0.6 is 0 Å². The highest BCUT2D eigenvalue weighted by Crippen LogP contribution is 2.28. The molecule has 2 atom stereocenters. The lowest BCUT2D eigenvalue weighted by Gasteiger charge is -2.26. The lowest BCUT2D eigenvalue weighted by atomic mass is 10.1. The normalized spacial score (nSPS) is 18.5. The molecule has 1 aliphatic rings. The van der Waals surface area contributed by atoms with Gasteiger partial charge in [-0.25, -0.2) is 4.79 Å². The maximum absolute atomic E-state index is 12.5. The first-order chi connectivity index (χ1) is 12.1. The summed E-state index contributed by atoms with van der Waals surface area (Å²) in [5, 5.41) is 13.7. The fourth-order valence-electron chi connectivity index (χ4n) is 3.73. The molecule has 0 radical (unpaired) electrons. The highest BCUT2D eigenvalue weighted by molar-refractivity contribution is 5.89. The van der Waals surface area contributed by atoms with Gasteiger partial charge >= 0.3 is 6.03 Å². The van der Waals surface area contributed by atoms with Gasteiger partial charge in [-0.3, -0.25) is 0 Å². The molecule has 25 heavy (non-hydrogen) atoms. The first-order valence-electron chi connectivity index (χ1n) is 8.95. The molecule has 6 heteroatoms. The molecule has 3 N–H and O–H groups in total. The molecule has 6 nitrogen and oxygen atoms in total. The Morgan fingerprint density at radius 3 is 3.12 bits per heavy atom. The van der Waals surface area contributed by atoms with Crippen LogP contribution in [-0.2, 0) is 6.42 Å². The summed E-state index contributed by atoms with van der Waals surface area (Å²) in [7, 11) is 1.67. The second-order valence-electron chi connectivity index (χ2n) is 6.75. The van der Waals surface area contributed by atoms with Gasteiger partial charge in [-0.2, -0.15) is 0 Å². The SMILES string of the molecule is COc1cccc2[nH]cc(CCNC(=O)N3CCC[C@@H]3C[C@@H](C)O)c12. The second kappa shape index (κ2) is 7.78. The molecule has 2 aromatic rings. The van der Waals surface area contributed by atoms with Gasteiger partial charge in [0, 0.05) is 36.2 Å². The first-order valence-corrected chi connectivity index (χ1v) is 8.95. The molecule has 3 rings (SSSR count). The van der Waals surface area contributed by atoms with Crippen LogP contribution < -0.4 is 10.1 Å². The zero-order valence-corrected chi connectivity index (χ0v) is 14.9. The Balaban J connectivity index is 1.59. The molecular weight excluding hydrogens is 318 g/mol. The van der Waals surface area contributed by atoms with Crippen molar-refractivity contribution in [3.05, 3.63) is 30.0 Å². The molecule has 1 aliphatic heterocycles. The van der Waals surface area contributed by atoms with E-state index in [1.165, 1.54) is 0 Å². The smallest absolute Gasteiger partial charge is 0.317 e. The van der Waals surface area contributed by atoms with Crippen LogP contribution in [0.4, 0.5) is 4.79 Å². The van der Waals surface area contributed by atoms with Crippen molar-refractivity contribution >= 4 is 16.9 Å². The third kappa shape index (κ3) is 3.90. The number of fused-ring (bicyclic) bond motifs is 1. The Bertz CT molecular complexity index is 726. The molecule has 0 aliphatic carbocycles. The number of methoxy groups -OCH3 is 1. The third-order valence-corrected chi connectivity index (χ3v) is 4.89. The van der Waals surface area contributed by atoms with E-state index in [0.29, 0.717) is 13.0 Å². The number of aromatic nitrogens is 1. The fraction of sp³-hybridized carbons (Fsp3) is 0.526. The number of hydrogen-bond acceptors (Lipinski definition) is 3. The van der Waals surface area contributed by atoms with Crippen molar-refractivity contribution in [2.24, 2.45) is 0 Å². The third-order valence-electron chi connectivity index (χ3n) is 4.89. The minimum atomic E-state index is -0.378. The number of benzene rings is 1. The number of urea groups is 1. The number of aliphatic hydroxyl groups is 1. The predicted octanol–water partition coefficient (Wildman–Crippen LogP) is 2.66. The second-order valence-corrected chi connectivity index (χ2v) is 6.75. The summed E-state index contributed by atoms with van der Waals surface area (Å²) < 4.78 is 5.45. The van der Waals surface area contributed by atoms with E-state index in [1.54, 1.807) is 14.0 Å². The summed E-state index contributed by atoms with van der Waals surface area (Å²) in [6.07, 6.45) is 4.96. The van der Waals surface area contributed by atoms with E-state index in [-0.39, 0.29) is 18.2 Å². The summed E-state index contributed by atoms with van der Waals surface area (Å²) >= 11 is 0. The number of aromatic amines is 1. The largest absolute Gasteiger partial charge is 0.496 e. The highest BCUT2D eigenvalue weighted by Gasteiger charge is 2.29. The summed E-state index contributed by atoms with van der Waals surface area (Å²) in [6.45, 7) is 3.12. The average Bonchev–Trinajstić information content (AvgIpc) is 3.21. The molecule has 1 saturated heterocycles. The van der Waals surface area contributed by atoms with Crippen molar-refractivity contribution < 1.29 is 14.6 Å². The molecule has 0 unspecified atom stereocenters. The molecular formula is C19H27N3O3. The molecule has 1 aromatic heterocycles. The Labute approximate surface area is 148 Å². The van der Waals surface area contributed by atoms with Crippen molar-refractivity contribution in [3.8, 4) is 5.75 Å². The zero-order chi connectivity index (χ0) is 17.8. The van der Waals surface area contributed by atoms with Gasteiger partial charge in [-0.1, -0.05) is 6.07 Å². The Hall–Kier alpha value is -2.21. The van der Waals surface area contributed by atoms with E-state index >= 15 is 0 Å². The van der Waals surface area contributed by atoms with E-state index in [0.717, 1.165) is 48.0 Å². The zero-order valence-electron chi connectivity index (χ0n) is 14.9. The van der Waals surface area contributed by atoms with Gasteiger partial charge < -0.3 is 25.0 Å². The topological polar surface area (TPSA) is 77.6 Å². The lowest BCUT2D eigenvalue weighted by molar-refractivity contribution is 0.138. The molecule has 2 heterocycles. The molecule has 2 amide bonds. The number of aliphatic hydroxyl groups excluding tert-OH is 1. The van der Waals surface area contributed by atoms with Crippen molar-refractivity contribution in [1.82, 2.24) is 15.2 Å². The van der Waals surface area contributed by atoms with E-state index in [9.17, 15) is 9.90 Å². The van der Waals surface area contributed by atoms with Crippen LogP contribution in [0.25, 0.3) is 10.9 Å². The van der Waals surface area contributed by atoms with Gasteiger partial charge in [0.05, 0.1) is 13.2 Å². The Morgan fingerprint density at radius 2 is 2.36 bits per heavy atom. The van der Waals surface area contributed by atoms with Crippen molar-refractivity contribution in [1.29, 1.82) is 0 Å². The first kappa shape index (κ1) is 17.6. The van der Waals surface area contributed by atoms with Crippen LogP contribution in [0.15, 0.2) is 24.4 Å². The van der Waals surface area contributed by atoms with Gasteiger partial charge in [0.15, 0.2) is 0 Å². The minimum absolute atomic E-state index is 0.0324. The number of likely N-dealkylation sites (tertiary alicyclic amines) is 1. The number of nitrogens with one attached hydrogen (secondary N) is 2. The number of hydrogen-bond donors (Lipinski definition) is 3. The Morgan fingerprint density at radius 1 is 1.52 bits per heavy atom. The highest BCUT2D eigenvalue weighted by atomic mass is 16.5. The van der Waals surface area contributed by atoms with Gasteiger partial charge in [0.25, 0.3) is 0 Å². The molecule has 1 aromatic carbocycles. The summed E-state index contributed by atoms with van der Waals surface area (Å²) in [4.78, 5) is 17.6. The van der Waals surface area contributed by atoms with Crippen molar-refractivity contribution in [3.63, 3.8) is 0 Å². The van der Waals surface area contributed by atoms with Crippen molar-refractivity contribution in [2.75, 3.05) is 20.2 Å². The van der Waals surface area contributed by atoms with Crippen molar-refractivity contribution in [2.45, 2.75) is 44.8 Å². The molecule has 0 bridgehead atoms. The van der Waals surface area contributed by atoms with Gasteiger partial charge in [0.2, 0.25) is 0 Å². The lowest BCUT2D eigenvalue weighted by Crippen LogP contribution is -2.44. The van der Waals surface area contributed by atoms with E-state index in [2.05, 4.69) is 10.3 Å². The van der Waals surface area contributed by atoms with E-state index < -0.39 is 0 Å². The number of nitrogens with zero attached hydrogens (tertiary/aromatic N) is 1. The van der Waals surface area contributed by atoms with Crippen LogP contribution in [0.3, 0.4) is 0 Å². The summed E-state index contributed by atoms with van der Waals surface area (Å²) in [5.41, 5.74) is 2.17. The maximum atomic E-state index is 12.5. The predicted molar refractivity (Wildman–Crippen MR) is 98.0 cm³/mol. The average molecular weight is 345 g/mol. The molecule has 136 valence electrons. The van der Waals surface area contributed by atoms with Gasteiger partial charge in [0.1, 0.15) is 5.75 Å². The van der Waals surface area contributed by atoms with Gasteiger partial charge in [-0.15, -0.1) is 0 Å². The van der Waals surface area contributed by atoms with E-state index in [4.69, 9.17) is 4.74 Å². The van der Waals surface area contributed by atoms with E-state index in [1.807, 2.05) is 29.3 Å². The fourth-order valence-corrected chi connectivity index (χ4v) is 3.73. The van der Waals surface area contributed by atoms with Crippen LogP contribution in [0.2, 0.25) is 0 Å².